The first-order valence-electron chi connectivity index (χ1n) is 14.2. The number of halogens is 1. The van der Waals surface area contributed by atoms with E-state index in [4.69, 9.17) is 5.73 Å². The fourth-order valence-corrected chi connectivity index (χ4v) is 5.47. The van der Waals surface area contributed by atoms with Crippen molar-refractivity contribution in [3.05, 3.63) is 99.4 Å². The molecule has 0 unspecified atom stereocenters. The number of nitrogens with one attached hydrogen (secondary N) is 2. The van der Waals surface area contributed by atoms with Crippen LogP contribution in [0.25, 0.3) is 0 Å². The number of anilines is 2. The predicted molar refractivity (Wildman–Crippen MR) is 160 cm³/mol. The second-order valence-electron chi connectivity index (χ2n) is 10.9. The van der Waals surface area contributed by atoms with Crippen LogP contribution in [0.5, 0.6) is 0 Å². The molecular weight excluding hydrogens is 555 g/mol. The number of hydrogen-bond acceptors (Lipinski definition) is 7. The van der Waals surface area contributed by atoms with E-state index < -0.39 is 16.6 Å². The fourth-order valence-electron chi connectivity index (χ4n) is 5.47. The topological polar surface area (TPSA) is 151 Å². The molecule has 224 valence electrons. The molecule has 12 heteroatoms. The minimum Gasteiger partial charge on any atom is -0.366 e. The van der Waals surface area contributed by atoms with Gasteiger partial charge in [-0.1, -0.05) is 6.07 Å². The van der Waals surface area contributed by atoms with Gasteiger partial charge in [-0.2, -0.15) is 0 Å². The fraction of sp³-hybridized carbons (Fsp3) is 0.323. The van der Waals surface area contributed by atoms with Crippen LogP contribution < -0.4 is 21.3 Å². The number of piperazine rings is 1. The molecule has 3 aromatic carbocycles. The van der Waals surface area contributed by atoms with Crippen LogP contribution in [0, 0.1) is 15.9 Å². The normalized spacial score (nSPS) is 18.6. The Balaban J connectivity index is 1.34. The van der Waals surface area contributed by atoms with E-state index >= 15 is 0 Å². The molecule has 3 aromatic rings. The SMILES string of the molecule is NC1CCC(NC(=O)c2ccc(N3CCN(C(=O)c4cccc(F)c4)CC3)c(NC(=O)c3ccc([N+](=O)[O-])cc3)c2)CC1. The molecule has 3 amide bonds. The van der Waals surface area contributed by atoms with Crippen molar-refractivity contribution in [3.63, 3.8) is 0 Å². The van der Waals surface area contributed by atoms with Crippen molar-refractivity contribution in [2.45, 2.75) is 37.8 Å². The molecule has 0 aromatic heterocycles. The van der Waals surface area contributed by atoms with Gasteiger partial charge in [-0.15, -0.1) is 0 Å². The third-order valence-corrected chi connectivity index (χ3v) is 7.93. The quantitative estimate of drug-likeness (QED) is 0.279. The van der Waals surface area contributed by atoms with Crippen LogP contribution in [-0.2, 0) is 0 Å². The molecule has 0 spiro atoms. The lowest BCUT2D eigenvalue weighted by molar-refractivity contribution is -0.384. The molecule has 1 aliphatic carbocycles. The second-order valence-corrected chi connectivity index (χ2v) is 10.9. The summed E-state index contributed by atoms with van der Waals surface area (Å²) in [6, 6.07) is 16.1. The predicted octanol–water partition coefficient (Wildman–Crippen LogP) is 3.95. The van der Waals surface area contributed by atoms with Crippen molar-refractivity contribution in [3.8, 4) is 0 Å². The van der Waals surface area contributed by atoms with E-state index in [2.05, 4.69) is 10.6 Å². The van der Waals surface area contributed by atoms with Gasteiger partial charge in [0.2, 0.25) is 0 Å². The number of nitrogens with zero attached hydrogens (tertiary/aromatic N) is 3. The molecule has 1 heterocycles. The Morgan fingerprint density at radius 3 is 2.16 bits per heavy atom. The highest BCUT2D eigenvalue weighted by molar-refractivity contribution is 6.07. The van der Waals surface area contributed by atoms with Crippen molar-refractivity contribution in [1.82, 2.24) is 10.2 Å². The monoisotopic (exact) mass is 588 g/mol. The van der Waals surface area contributed by atoms with Gasteiger partial charge in [0.15, 0.2) is 0 Å². The highest BCUT2D eigenvalue weighted by atomic mass is 19.1. The largest absolute Gasteiger partial charge is 0.366 e. The number of hydrogen-bond donors (Lipinski definition) is 3. The number of nitro groups is 1. The summed E-state index contributed by atoms with van der Waals surface area (Å²) in [5.41, 5.74) is 7.79. The summed E-state index contributed by atoms with van der Waals surface area (Å²) in [6.45, 7) is 1.62. The van der Waals surface area contributed by atoms with Crippen LogP contribution in [0.4, 0.5) is 21.5 Å². The molecular formula is C31H33FN6O5. The molecule has 11 nitrogen and oxygen atoms in total. The third kappa shape index (κ3) is 7.15. The van der Waals surface area contributed by atoms with Gasteiger partial charge in [-0.25, -0.2) is 4.39 Å². The highest BCUT2D eigenvalue weighted by Gasteiger charge is 2.26. The van der Waals surface area contributed by atoms with E-state index in [-0.39, 0.29) is 40.7 Å². The first kappa shape index (κ1) is 29.6. The Hall–Kier alpha value is -4.84. The zero-order chi connectivity index (χ0) is 30.5. The molecule has 43 heavy (non-hydrogen) atoms. The summed E-state index contributed by atoms with van der Waals surface area (Å²) in [7, 11) is 0. The lowest BCUT2D eigenvalue weighted by Gasteiger charge is -2.37. The summed E-state index contributed by atoms with van der Waals surface area (Å²) in [6.07, 6.45) is 3.28. The lowest BCUT2D eigenvalue weighted by atomic mass is 9.91. The first-order chi connectivity index (χ1) is 20.7. The molecule has 2 aliphatic rings. The Morgan fingerprint density at radius 1 is 0.837 bits per heavy atom. The number of non-ortho nitro benzene ring substituents is 1. The van der Waals surface area contributed by atoms with E-state index in [1.807, 2.05) is 4.90 Å². The first-order valence-corrected chi connectivity index (χ1v) is 14.2. The highest BCUT2D eigenvalue weighted by Crippen LogP contribution is 2.30. The standard InChI is InChI=1S/C31H33FN6O5/c32-23-3-1-2-22(18-23)31(41)37-16-14-36(15-17-37)28-13-6-21(30(40)34-25-9-7-24(33)8-10-25)19-27(28)35-29(39)20-4-11-26(12-5-20)38(42)43/h1-6,11-13,18-19,24-25H,7-10,14-17,33H2,(H,34,40)(H,35,39). The van der Waals surface area contributed by atoms with Gasteiger partial charge in [0.05, 0.1) is 16.3 Å². The van der Waals surface area contributed by atoms with E-state index in [0.29, 0.717) is 43.1 Å². The maximum absolute atomic E-state index is 13.7. The Kier molecular flexibility index (Phi) is 8.96. The molecule has 2 fully saturated rings. The lowest BCUT2D eigenvalue weighted by Crippen LogP contribution is -2.49. The van der Waals surface area contributed by atoms with Crippen molar-refractivity contribution in [1.29, 1.82) is 0 Å². The summed E-state index contributed by atoms with van der Waals surface area (Å²) in [4.78, 5) is 53.4. The van der Waals surface area contributed by atoms with Crippen LogP contribution in [0.3, 0.4) is 0 Å². The van der Waals surface area contributed by atoms with E-state index in [0.717, 1.165) is 25.7 Å². The van der Waals surface area contributed by atoms with E-state index in [9.17, 15) is 28.9 Å². The molecule has 4 N–H and O–H groups in total. The average molecular weight is 589 g/mol. The maximum atomic E-state index is 13.7. The smallest absolute Gasteiger partial charge is 0.269 e. The molecule has 5 rings (SSSR count). The minimum atomic E-state index is -0.541. The van der Waals surface area contributed by atoms with Crippen LogP contribution in [0.15, 0.2) is 66.7 Å². The zero-order valence-corrected chi connectivity index (χ0v) is 23.5. The van der Waals surface area contributed by atoms with Gasteiger partial charge in [0.25, 0.3) is 23.4 Å². The van der Waals surface area contributed by atoms with Gasteiger partial charge in [0, 0.05) is 67.1 Å². The number of benzene rings is 3. The van der Waals surface area contributed by atoms with Gasteiger partial charge < -0.3 is 26.2 Å². The Morgan fingerprint density at radius 2 is 1.51 bits per heavy atom. The van der Waals surface area contributed by atoms with Gasteiger partial charge in [0.1, 0.15) is 5.82 Å². The minimum absolute atomic E-state index is 0.0221. The maximum Gasteiger partial charge on any atom is 0.269 e. The van der Waals surface area contributed by atoms with Gasteiger partial charge in [-0.05, 0) is 74.2 Å². The molecule has 1 saturated carbocycles. The summed E-state index contributed by atoms with van der Waals surface area (Å²) >= 11 is 0. The van der Waals surface area contributed by atoms with E-state index in [1.54, 1.807) is 29.2 Å². The molecule has 1 saturated heterocycles. The molecule has 1 aliphatic heterocycles. The Bertz CT molecular complexity index is 1520. The third-order valence-electron chi connectivity index (χ3n) is 7.93. The van der Waals surface area contributed by atoms with Crippen molar-refractivity contribution in [2.24, 2.45) is 5.73 Å². The van der Waals surface area contributed by atoms with Gasteiger partial charge in [-0.3, -0.25) is 24.5 Å². The zero-order valence-electron chi connectivity index (χ0n) is 23.5. The number of rotatable bonds is 7. The molecule has 0 radical (unpaired) electrons. The van der Waals surface area contributed by atoms with Crippen molar-refractivity contribution >= 4 is 34.8 Å². The average Bonchev–Trinajstić information content (AvgIpc) is 3.02. The summed E-state index contributed by atoms with van der Waals surface area (Å²) in [5.74, 6) is -1.49. The number of amides is 3. The number of nitrogens with two attached hydrogens (primary N) is 1. The second kappa shape index (κ2) is 13.0. The molecule has 0 atom stereocenters. The van der Waals surface area contributed by atoms with Crippen LogP contribution in [0.2, 0.25) is 0 Å². The number of nitro benzene ring substituents is 1. The Labute approximate surface area is 248 Å². The van der Waals surface area contributed by atoms with Crippen molar-refractivity contribution < 1.29 is 23.7 Å². The summed E-state index contributed by atoms with van der Waals surface area (Å²) in [5, 5.41) is 17.0. The number of carbonyl (C=O) groups is 3. The van der Waals surface area contributed by atoms with Crippen LogP contribution in [0.1, 0.15) is 56.8 Å². The van der Waals surface area contributed by atoms with E-state index in [1.165, 1.54) is 42.5 Å². The van der Waals surface area contributed by atoms with Crippen LogP contribution in [-0.4, -0.2) is 65.8 Å². The summed E-state index contributed by atoms with van der Waals surface area (Å²) < 4.78 is 13.7. The van der Waals surface area contributed by atoms with Gasteiger partial charge >= 0.3 is 0 Å². The molecule has 0 bridgehead atoms. The number of carbonyl (C=O) groups excluding carboxylic acids is 3. The van der Waals surface area contributed by atoms with Crippen LogP contribution >= 0.6 is 0 Å². The van der Waals surface area contributed by atoms with Crippen molar-refractivity contribution in [2.75, 3.05) is 36.4 Å².